The number of nitrogens with zero attached hydrogens (tertiary/aromatic N) is 2. The van der Waals surface area contributed by atoms with E-state index in [0.717, 1.165) is 19.6 Å². The predicted molar refractivity (Wildman–Crippen MR) is 68.3 cm³/mol. The molecule has 3 N–H and O–H groups in total. The van der Waals surface area contributed by atoms with E-state index in [9.17, 15) is 0 Å². The first-order valence-corrected chi connectivity index (χ1v) is 6.53. The number of hydrogen-bond donors (Lipinski definition) is 2. The van der Waals surface area contributed by atoms with E-state index in [1.807, 2.05) is 0 Å². The molecule has 16 heavy (non-hydrogen) atoms. The topological polar surface area (TPSA) is 44.5 Å². The van der Waals surface area contributed by atoms with Gasteiger partial charge in [-0.05, 0) is 36.5 Å². The predicted octanol–water partition coefficient (Wildman–Crippen LogP) is 0.498. The Morgan fingerprint density at radius 2 is 2.31 bits per heavy atom. The Bertz CT molecular complexity index is 314. The molecule has 0 aliphatic carbocycles. The fourth-order valence-electron chi connectivity index (χ4n) is 2.29. The van der Waals surface area contributed by atoms with E-state index in [0.29, 0.717) is 6.04 Å². The number of nitrogens with one attached hydrogen (secondary N) is 1. The van der Waals surface area contributed by atoms with Gasteiger partial charge in [-0.25, -0.2) is 0 Å². The van der Waals surface area contributed by atoms with Crippen LogP contribution in [0.3, 0.4) is 0 Å². The Morgan fingerprint density at radius 1 is 1.50 bits per heavy atom. The van der Waals surface area contributed by atoms with Crippen LogP contribution in [0.5, 0.6) is 0 Å². The second-order valence-corrected chi connectivity index (χ2v) is 5.29. The van der Waals surface area contributed by atoms with Crippen LogP contribution >= 0.6 is 11.3 Å². The lowest BCUT2D eigenvalue weighted by atomic mass is 9.99. The Balaban J connectivity index is 2.13. The number of rotatable bonds is 3. The number of thiophene rings is 1. The van der Waals surface area contributed by atoms with Crippen LogP contribution in [0, 0.1) is 0 Å². The highest BCUT2D eigenvalue weighted by Crippen LogP contribution is 2.24. The largest absolute Gasteiger partial charge is 0.303 e. The molecule has 0 radical (unpaired) electrons. The number of piperazine rings is 1. The molecule has 1 fully saturated rings. The van der Waals surface area contributed by atoms with Crippen molar-refractivity contribution >= 4 is 11.3 Å². The molecule has 0 bridgehead atoms. The molecule has 0 saturated carbocycles. The Morgan fingerprint density at radius 3 is 2.94 bits per heavy atom. The van der Waals surface area contributed by atoms with E-state index in [1.54, 1.807) is 11.3 Å². The zero-order valence-corrected chi connectivity index (χ0v) is 10.7. The van der Waals surface area contributed by atoms with Crippen molar-refractivity contribution in [3.05, 3.63) is 22.4 Å². The lowest BCUT2D eigenvalue weighted by Crippen LogP contribution is -2.55. The monoisotopic (exact) mass is 240 g/mol. The summed E-state index contributed by atoms with van der Waals surface area (Å²) in [5.74, 6) is 5.71. The van der Waals surface area contributed by atoms with Crippen LogP contribution in [0.2, 0.25) is 0 Å². The van der Waals surface area contributed by atoms with E-state index in [2.05, 4.69) is 46.1 Å². The molecule has 2 atom stereocenters. The maximum Gasteiger partial charge on any atom is 0.0635 e. The maximum absolute atomic E-state index is 5.71. The van der Waals surface area contributed by atoms with Crippen LogP contribution < -0.4 is 11.3 Å². The van der Waals surface area contributed by atoms with Crippen LogP contribution in [0.25, 0.3) is 0 Å². The summed E-state index contributed by atoms with van der Waals surface area (Å²) in [6, 6.07) is 2.81. The van der Waals surface area contributed by atoms with Crippen molar-refractivity contribution < 1.29 is 0 Å². The van der Waals surface area contributed by atoms with Crippen molar-refractivity contribution in [1.82, 2.24) is 15.2 Å². The van der Waals surface area contributed by atoms with Crippen LogP contribution in [0.4, 0.5) is 0 Å². The van der Waals surface area contributed by atoms with Crippen molar-refractivity contribution in [2.24, 2.45) is 5.84 Å². The third-order valence-electron chi connectivity index (χ3n) is 3.37. The minimum atomic E-state index is 0.221. The molecule has 0 amide bonds. The van der Waals surface area contributed by atoms with Crippen LogP contribution in [0.15, 0.2) is 16.8 Å². The van der Waals surface area contributed by atoms with E-state index < -0.39 is 0 Å². The van der Waals surface area contributed by atoms with Gasteiger partial charge in [-0.1, -0.05) is 0 Å². The summed E-state index contributed by atoms with van der Waals surface area (Å²) in [5.41, 5.74) is 4.25. The van der Waals surface area contributed by atoms with E-state index in [-0.39, 0.29) is 6.04 Å². The van der Waals surface area contributed by atoms with Crippen molar-refractivity contribution in [2.45, 2.75) is 12.1 Å². The third kappa shape index (κ3) is 2.44. The number of hydrogen-bond acceptors (Lipinski definition) is 5. The van der Waals surface area contributed by atoms with Crippen molar-refractivity contribution in [3.63, 3.8) is 0 Å². The smallest absolute Gasteiger partial charge is 0.0635 e. The third-order valence-corrected chi connectivity index (χ3v) is 4.07. The molecule has 4 nitrogen and oxygen atoms in total. The van der Waals surface area contributed by atoms with Crippen molar-refractivity contribution in [3.8, 4) is 0 Å². The average molecular weight is 240 g/mol. The van der Waals surface area contributed by atoms with Gasteiger partial charge < -0.3 is 4.90 Å². The van der Waals surface area contributed by atoms with Gasteiger partial charge in [0.05, 0.1) is 6.04 Å². The molecule has 1 aliphatic rings. The molecule has 1 aromatic heterocycles. The summed E-state index contributed by atoms with van der Waals surface area (Å²) >= 11 is 1.72. The molecule has 2 heterocycles. The Labute approximate surface area is 101 Å². The van der Waals surface area contributed by atoms with Crippen LogP contribution in [-0.4, -0.2) is 49.6 Å². The van der Waals surface area contributed by atoms with Crippen molar-refractivity contribution in [1.29, 1.82) is 0 Å². The molecule has 2 unspecified atom stereocenters. The van der Waals surface area contributed by atoms with Gasteiger partial charge >= 0.3 is 0 Å². The van der Waals surface area contributed by atoms with Gasteiger partial charge in [0.1, 0.15) is 0 Å². The fraction of sp³-hybridized carbons (Fsp3) is 0.636. The molecule has 0 aromatic carbocycles. The summed E-state index contributed by atoms with van der Waals surface area (Å²) in [6.07, 6.45) is 0. The Kier molecular flexibility index (Phi) is 3.94. The van der Waals surface area contributed by atoms with E-state index in [4.69, 9.17) is 5.84 Å². The van der Waals surface area contributed by atoms with Crippen LogP contribution in [0.1, 0.15) is 11.6 Å². The zero-order chi connectivity index (χ0) is 11.5. The summed E-state index contributed by atoms with van der Waals surface area (Å²) in [7, 11) is 4.34. The highest BCUT2D eigenvalue weighted by Gasteiger charge is 2.30. The summed E-state index contributed by atoms with van der Waals surface area (Å²) in [5, 5.41) is 4.28. The fourth-order valence-corrected chi connectivity index (χ4v) is 2.98. The number of hydrazine groups is 1. The molecule has 5 heteroatoms. The van der Waals surface area contributed by atoms with Gasteiger partial charge in [0.2, 0.25) is 0 Å². The van der Waals surface area contributed by atoms with E-state index in [1.165, 1.54) is 5.56 Å². The maximum atomic E-state index is 5.71. The average Bonchev–Trinajstić information content (AvgIpc) is 2.78. The molecule has 1 saturated heterocycles. The molecule has 1 aromatic rings. The summed E-state index contributed by atoms with van der Waals surface area (Å²) in [6.45, 7) is 3.29. The van der Waals surface area contributed by atoms with Crippen molar-refractivity contribution in [2.75, 3.05) is 33.7 Å². The Hall–Kier alpha value is -0.460. The van der Waals surface area contributed by atoms with Gasteiger partial charge in [0.15, 0.2) is 0 Å². The molecule has 0 spiro atoms. The number of nitrogens with two attached hydrogens (primary N) is 1. The van der Waals surface area contributed by atoms with Gasteiger partial charge in [-0.15, -0.1) is 0 Å². The standard InChI is InChI=1S/C11H20N4S/c1-14-4-5-15(2)10(7-14)11(13-12)9-3-6-16-8-9/h3,6,8,10-11,13H,4-5,7,12H2,1-2H3. The highest BCUT2D eigenvalue weighted by atomic mass is 32.1. The normalized spacial score (nSPS) is 25.8. The first-order chi connectivity index (χ1) is 7.72. The lowest BCUT2D eigenvalue weighted by Gasteiger charge is -2.41. The minimum Gasteiger partial charge on any atom is -0.303 e. The van der Waals surface area contributed by atoms with Gasteiger partial charge in [-0.3, -0.25) is 16.2 Å². The molecule has 1 aliphatic heterocycles. The van der Waals surface area contributed by atoms with Crippen LogP contribution in [-0.2, 0) is 0 Å². The second kappa shape index (κ2) is 5.25. The summed E-state index contributed by atoms with van der Waals surface area (Å²) < 4.78 is 0. The lowest BCUT2D eigenvalue weighted by molar-refractivity contribution is 0.0878. The number of likely N-dealkylation sites (N-methyl/N-ethyl adjacent to an activating group) is 2. The first kappa shape index (κ1) is 12.0. The molecule has 2 rings (SSSR count). The quantitative estimate of drug-likeness (QED) is 0.596. The highest BCUT2D eigenvalue weighted by molar-refractivity contribution is 7.07. The molecule has 90 valence electrons. The SMILES string of the molecule is CN1CCN(C)C(C(NN)c2ccsc2)C1. The van der Waals surface area contributed by atoms with Gasteiger partial charge in [-0.2, -0.15) is 11.3 Å². The van der Waals surface area contributed by atoms with Gasteiger partial charge in [0.25, 0.3) is 0 Å². The van der Waals surface area contributed by atoms with E-state index >= 15 is 0 Å². The minimum absolute atomic E-state index is 0.221. The summed E-state index contributed by atoms with van der Waals surface area (Å²) in [4.78, 5) is 4.75. The first-order valence-electron chi connectivity index (χ1n) is 5.59. The zero-order valence-electron chi connectivity index (χ0n) is 9.89. The second-order valence-electron chi connectivity index (χ2n) is 4.51. The molecular formula is C11H20N4S. The molecular weight excluding hydrogens is 220 g/mol. The van der Waals surface area contributed by atoms with Gasteiger partial charge in [0, 0.05) is 25.7 Å².